The Labute approximate surface area is 71.4 Å². The van der Waals surface area contributed by atoms with Gasteiger partial charge in [0, 0.05) is 0 Å². The number of nitrogens with two attached hydrogens (primary N) is 1. The minimum absolute atomic E-state index is 0.684. The molecular weight excluding hydrogens is 134 g/mol. The lowest BCUT2D eigenvalue weighted by Gasteiger charge is -2.20. The average Bonchev–Trinajstić information content (AvgIpc) is 2.02. The van der Waals surface area contributed by atoms with E-state index in [1.54, 1.807) is 0 Å². The molecule has 0 aliphatic rings. The molecule has 0 aromatic heterocycles. The van der Waals surface area contributed by atoms with E-state index >= 15 is 0 Å². The Hall–Kier alpha value is -0.0400. The van der Waals surface area contributed by atoms with Gasteiger partial charge in [-0.1, -0.05) is 34.1 Å². The van der Waals surface area contributed by atoms with Gasteiger partial charge in [0.25, 0.3) is 0 Å². The predicted molar refractivity (Wildman–Crippen MR) is 51.5 cm³/mol. The van der Waals surface area contributed by atoms with Crippen molar-refractivity contribution in [3.63, 3.8) is 0 Å². The summed E-state index contributed by atoms with van der Waals surface area (Å²) in [6.07, 6.45) is 2.62. The number of rotatable bonds is 5. The van der Waals surface area contributed by atoms with Gasteiger partial charge in [-0.3, -0.25) is 0 Å². The van der Waals surface area contributed by atoms with Gasteiger partial charge in [0.2, 0.25) is 0 Å². The Morgan fingerprint density at radius 1 is 1.09 bits per heavy atom. The summed E-state index contributed by atoms with van der Waals surface area (Å²) < 4.78 is 0. The normalized spacial score (nSPS) is 19.4. The maximum atomic E-state index is 5.59. The monoisotopic (exact) mass is 157 g/mol. The van der Waals surface area contributed by atoms with E-state index in [4.69, 9.17) is 5.73 Å². The maximum absolute atomic E-state index is 5.59. The second kappa shape index (κ2) is 5.59. The van der Waals surface area contributed by atoms with Crippen molar-refractivity contribution in [3.8, 4) is 0 Å². The topological polar surface area (TPSA) is 26.0 Å². The van der Waals surface area contributed by atoms with Crippen LogP contribution in [0.2, 0.25) is 0 Å². The van der Waals surface area contributed by atoms with Crippen LogP contribution in [-0.4, -0.2) is 6.54 Å². The molecule has 0 aliphatic heterocycles. The van der Waals surface area contributed by atoms with Crippen LogP contribution in [0.15, 0.2) is 0 Å². The Kier molecular flexibility index (Phi) is 5.57. The van der Waals surface area contributed by atoms with E-state index in [1.165, 1.54) is 12.8 Å². The third-order valence-electron chi connectivity index (χ3n) is 2.81. The van der Waals surface area contributed by atoms with Gasteiger partial charge in [0.05, 0.1) is 0 Å². The molecule has 0 heterocycles. The van der Waals surface area contributed by atoms with Crippen molar-refractivity contribution in [2.45, 2.75) is 40.5 Å². The summed E-state index contributed by atoms with van der Waals surface area (Å²) in [5, 5.41) is 0. The molecule has 1 nitrogen and oxygen atoms in total. The molecule has 0 rings (SSSR count). The van der Waals surface area contributed by atoms with Crippen LogP contribution in [-0.2, 0) is 0 Å². The predicted octanol–water partition coefficient (Wildman–Crippen LogP) is 2.65. The molecule has 68 valence electrons. The molecule has 0 radical (unpaired) electrons. The highest BCUT2D eigenvalue weighted by molar-refractivity contribution is 4.65. The quantitative estimate of drug-likeness (QED) is 0.652. The Morgan fingerprint density at radius 2 is 1.64 bits per heavy atom. The second-order valence-corrected chi connectivity index (χ2v) is 3.94. The molecular formula is C10H23N. The van der Waals surface area contributed by atoms with Crippen molar-refractivity contribution in [1.29, 1.82) is 0 Å². The molecule has 0 aromatic carbocycles. The molecule has 0 fully saturated rings. The Bertz CT molecular complexity index is 90.9. The molecule has 0 spiro atoms. The smallest absolute Gasteiger partial charge is 0.00490 e. The molecule has 0 aliphatic carbocycles. The highest BCUT2D eigenvalue weighted by atomic mass is 14.5. The van der Waals surface area contributed by atoms with E-state index in [9.17, 15) is 0 Å². The summed E-state index contributed by atoms with van der Waals surface area (Å²) in [4.78, 5) is 0. The molecule has 0 saturated heterocycles. The van der Waals surface area contributed by atoms with Crippen LogP contribution in [0.1, 0.15) is 40.5 Å². The summed E-state index contributed by atoms with van der Waals surface area (Å²) >= 11 is 0. The lowest BCUT2D eigenvalue weighted by molar-refractivity contribution is 0.315. The molecule has 0 amide bonds. The summed E-state index contributed by atoms with van der Waals surface area (Å²) in [5.41, 5.74) is 5.59. The lowest BCUT2D eigenvalue weighted by atomic mass is 9.87. The lowest BCUT2D eigenvalue weighted by Crippen LogP contribution is -2.20. The summed E-state index contributed by atoms with van der Waals surface area (Å²) in [7, 11) is 0. The van der Waals surface area contributed by atoms with Crippen LogP contribution in [0.4, 0.5) is 0 Å². The Balaban J connectivity index is 3.58. The zero-order valence-electron chi connectivity index (χ0n) is 8.43. The molecule has 11 heavy (non-hydrogen) atoms. The van der Waals surface area contributed by atoms with Crippen molar-refractivity contribution in [2.24, 2.45) is 23.5 Å². The molecule has 0 aromatic rings. The Morgan fingerprint density at radius 3 is 2.00 bits per heavy atom. The van der Waals surface area contributed by atoms with Gasteiger partial charge < -0.3 is 5.73 Å². The average molecular weight is 157 g/mol. The van der Waals surface area contributed by atoms with E-state index in [2.05, 4.69) is 27.7 Å². The third-order valence-corrected chi connectivity index (χ3v) is 2.81. The molecule has 0 bridgehead atoms. The van der Waals surface area contributed by atoms with Crippen molar-refractivity contribution >= 4 is 0 Å². The van der Waals surface area contributed by atoms with Crippen LogP contribution >= 0.6 is 0 Å². The molecule has 3 unspecified atom stereocenters. The van der Waals surface area contributed by atoms with Gasteiger partial charge in [-0.2, -0.15) is 0 Å². The van der Waals surface area contributed by atoms with E-state index in [0.717, 1.165) is 18.4 Å². The summed E-state index contributed by atoms with van der Waals surface area (Å²) in [6.45, 7) is 9.96. The van der Waals surface area contributed by atoms with Crippen molar-refractivity contribution in [2.75, 3.05) is 6.54 Å². The molecule has 0 saturated carbocycles. The fourth-order valence-electron chi connectivity index (χ4n) is 1.27. The van der Waals surface area contributed by atoms with E-state index < -0.39 is 0 Å². The number of hydrogen-bond acceptors (Lipinski definition) is 1. The standard InChI is InChI=1S/C10H23N/c1-5-8(2)6-9(3)10(4)7-11/h8-10H,5-7,11H2,1-4H3. The van der Waals surface area contributed by atoms with E-state index in [1.807, 2.05) is 0 Å². The van der Waals surface area contributed by atoms with Crippen molar-refractivity contribution in [3.05, 3.63) is 0 Å². The van der Waals surface area contributed by atoms with Crippen LogP contribution < -0.4 is 5.73 Å². The highest BCUT2D eigenvalue weighted by Crippen LogP contribution is 2.20. The fraction of sp³-hybridized carbons (Fsp3) is 1.00. The SMILES string of the molecule is CCC(C)CC(C)C(C)CN. The van der Waals surface area contributed by atoms with Gasteiger partial charge >= 0.3 is 0 Å². The van der Waals surface area contributed by atoms with Crippen LogP contribution in [0, 0.1) is 17.8 Å². The molecule has 1 heteroatoms. The molecule has 2 N–H and O–H groups in total. The van der Waals surface area contributed by atoms with Crippen molar-refractivity contribution < 1.29 is 0 Å². The van der Waals surface area contributed by atoms with Gasteiger partial charge in [0.1, 0.15) is 0 Å². The fourth-order valence-corrected chi connectivity index (χ4v) is 1.27. The van der Waals surface area contributed by atoms with Gasteiger partial charge in [-0.25, -0.2) is 0 Å². The molecule has 3 atom stereocenters. The zero-order valence-corrected chi connectivity index (χ0v) is 8.43. The zero-order chi connectivity index (χ0) is 8.85. The first-order valence-electron chi connectivity index (χ1n) is 4.81. The van der Waals surface area contributed by atoms with Gasteiger partial charge in [-0.05, 0) is 30.7 Å². The first kappa shape index (κ1) is 11.0. The van der Waals surface area contributed by atoms with Gasteiger partial charge in [0.15, 0.2) is 0 Å². The minimum Gasteiger partial charge on any atom is -0.330 e. The van der Waals surface area contributed by atoms with Crippen LogP contribution in [0.5, 0.6) is 0 Å². The maximum Gasteiger partial charge on any atom is -0.00490 e. The summed E-state index contributed by atoms with van der Waals surface area (Å²) in [6, 6.07) is 0. The van der Waals surface area contributed by atoms with E-state index in [-0.39, 0.29) is 0 Å². The minimum atomic E-state index is 0.684. The largest absolute Gasteiger partial charge is 0.330 e. The van der Waals surface area contributed by atoms with Gasteiger partial charge in [-0.15, -0.1) is 0 Å². The van der Waals surface area contributed by atoms with Crippen LogP contribution in [0.3, 0.4) is 0 Å². The summed E-state index contributed by atoms with van der Waals surface area (Å²) in [5.74, 6) is 2.33. The third kappa shape index (κ3) is 4.41. The second-order valence-electron chi connectivity index (χ2n) is 3.94. The first-order chi connectivity index (χ1) is 5.11. The first-order valence-corrected chi connectivity index (χ1v) is 4.81. The highest BCUT2D eigenvalue weighted by Gasteiger charge is 2.12. The van der Waals surface area contributed by atoms with E-state index in [0.29, 0.717) is 5.92 Å². The number of hydrogen-bond donors (Lipinski definition) is 1. The van der Waals surface area contributed by atoms with Crippen molar-refractivity contribution in [1.82, 2.24) is 0 Å². The van der Waals surface area contributed by atoms with Crippen LogP contribution in [0.25, 0.3) is 0 Å².